The number of hydrogen-bond acceptors (Lipinski definition) is 0. The van der Waals surface area contributed by atoms with Gasteiger partial charge in [0.25, 0.3) is 0 Å². The average Bonchev–Trinajstić information content (AvgIpc) is 2.45. The summed E-state index contributed by atoms with van der Waals surface area (Å²) in [7, 11) is 9.87. The Hall–Kier alpha value is 0.943. The maximum absolute atomic E-state index is 4.93. The van der Waals surface area contributed by atoms with Crippen molar-refractivity contribution in [3.63, 3.8) is 0 Å². The molecule has 0 heterocycles. The molecule has 78 valence electrons. The molecule has 0 radical (unpaired) electrons. The van der Waals surface area contributed by atoms with E-state index in [2.05, 4.69) is 19.9 Å². The predicted octanol–water partition coefficient (Wildman–Crippen LogP) is 4.83. The van der Waals surface area contributed by atoms with Gasteiger partial charge in [-0.05, 0) is 44.1 Å². The van der Waals surface area contributed by atoms with Crippen molar-refractivity contribution in [2.45, 2.75) is 39.5 Å². The summed E-state index contributed by atoms with van der Waals surface area (Å²) in [5.41, 5.74) is 5.00. The first kappa shape index (κ1) is 13.0. The van der Waals surface area contributed by atoms with Crippen LogP contribution in [0.5, 0.6) is 0 Å². The van der Waals surface area contributed by atoms with E-state index >= 15 is 0 Å². The fourth-order valence-corrected chi connectivity index (χ4v) is 2.46. The summed E-state index contributed by atoms with van der Waals surface area (Å²) in [6.07, 6.45) is 7.98. The number of hydrogen-bond donors (Lipinski definition) is 0. The summed E-state index contributed by atoms with van der Waals surface area (Å²) in [6.45, 7) is 4.60. The third-order valence-electron chi connectivity index (χ3n) is 3.04. The third kappa shape index (κ3) is 3.22. The van der Waals surface area contributed by atoms with Gasteiger partial charge >= 0.3 is 37.9 Å². The summed E-state index contributed by atoms with van der Waals surface area (Å²) in [6, 6.07) is 0. The predicted molar refractivity (Wildman–Crippen MR) is 60.1 cm³/mol. The summed E-state index contributed by atoms with van der Waals surface area (Å²) in [4.78, 5) is 0. The third-order valence-corrected chi connectivity index (χ3v) is 3.04. The Bertz CT molecular complexity index is 256. The van der Waals surface area contributed by atoms with Crippen molar-refractivity contribution in [3.05, 3.63) is 22.8 Å². The van der Waals surface area contributed by atoms with E-state index in [1.54, 1.807) is 16.7 Å². The molecule has 2 aliphatic rings. The molecule has 0 N–H and O–H groups in total. The molecule has 2 aliphatic carbocycles. The van der Waals surface area contributed by atoms with Gasteiger partial charge in [-0.3, -0.25) is 0 Å². The van der Waals surface area contributed by atoms with Gasteiger partial charge in [0.05, 0.1) is 0 Å². The van der Waals surface area contributed by atoms with Crippen molar-refractivity contribution in [3.8, 4) is 0 Å². The quantitative estimate of drug-likeness (QED) is 0.601. The van der Waals surface area contributed by atoms with Crippen molar-refractivity contribution in [2.75, 3.05) is 0 Å². The van der Waals surface area contributed by atoms with Crippen LogP contribution in [0.3, 0.4) is 0 Å². The normalized spacial score (nSPS) is 24.9. The van der Waals surface area contributed by atoms with E-state index in [9.17, 15) is 0 Å². The molecule has 1 atom stereocenters. The second-order valence-corrected chi connectivity index (χ2v) is 7.65. The molecule has 0 aromatic rings. The second kappa shape index (κ2) is 6.51. The van der Waals surface area contributed by atoms with Gasteiger partial charge in [-0.15, -0.1) is 0 Å². The van der Waals surface area contributed by atoms with Crippen molar-refractivity contribution >= 4 is 17.0 Å². The van der Waals surface area contributed by atoms with Crippen LogP contribution in [0.4, 0.5) is 0 Å². The first-order valence-corrected chi connectivity index (χ1v) is 11.4. The number of halogens is 2. The summed E-state index contributed by atoms with van der Waals surface area (Å²) < 4.78 is 0. The molecule has 0 saturated heterocycles. The van der Waals surface area contributed by atoms with E-state index < -0.39 is 20.8 Å². The Balaban J connectivity index is 0.000000293. The molecule has 0 fully saturated rings. The van der Waals surface area contributed by atoms with Gasteiger partial charge in [-0.2, -0.15) is 0 Å². The van der Waals surface area contributed by atoms with Crippen LogP contribution in [-0.2, 0) is 20.8 Å². The van der Waals surface area contributed by atoms with Gasteiger partial charge in [0.1, 0.15) is 0 Å². The van der Waals surface area contributed by atoms with Gasteiger partial charge in [-0.1, -0.05) is 24.1 Å². The zero-order valence-electron chi connectivity index (χ0n) is 8.74. The van der Waals surface area contributed by atoms with Crippen LogP contribution < -0.4 is 0 Å². The van der Waals surface area contributed by atoms with E-state index in [0.717, 1.165) is 5.92 Å². The van der Waals surface area contributed by atoms with Gasteiger partial charge in [0.2, 0.25) is 0 Å². The minimum atomic E-state index is -0.826. The molecule has 2 rings (SSSR count). The van der Waals surface area contributed by atoms with Gasteiger partial charge in [0, 0.05) is 0 Å². The molecular formula is C11H16Cl2Zr. The van der Waals surface area contributed by atoms with E-state index in [4.69, 9.17) is 17.0 Å². The SMILES string of the molecule is CC1=CC(C)C2=C1CCCC2.[Cl][Zr][Cl]. The number of allylic oxidation sites excluding steroid dienone is 4. The Morgan fingerprint density at radius 2 is 1.86 bits per heavy atom. The van der Waals surface area contributed by atoms with Crippen LogP contribution in [-0.4, -0.2) is 0 Å². The fourth-order valence-electron chi connectivity index (χ4n) is 2.46. The van der Waals surface area contributed by atoms with E-state index in [-0.39, 0.29) is 0 Å². The second-order valence-electron chi connectivity index (χ2n) is 3.92. The van der Waals surface area contributed by atoms with Gasteiger partial charge in [-0.25, -0.2) is 0 Å². The summed E-state index contributed by atoms with van der Waals surface area (Å²) in [5.74, 6) is 0.755. The molecule has 0 spiro atoms. The zero-order valence-corrected chi connectivity index (χ0v) is 12.7. The van der Waals surface area contributed by atoms with Crippen LogP contribution in [0.15, 0.2) is 22.8 Å². The van der Waals surface area contributed by atoms with Crippen LogP contribution in [0.1, 0.15) is 39.5 Å². The first-order valence-electron chi connectivity index (χ1n) is 5.07. The summed E-state index contributed by atoms with van der Waals surface area (Å²) >= 11 is -0.826. The molecular weight excluding hydrogens is 294 g/mol. The molecule has 0 aromatic heterocycles. The van der Waals surface area contributed by atoms with E-state index in [1.807, 2.05) is 0 Å². The molecule has 0 nitrogen and oxygen atoms in total. The van der Waals surface area contributed by atoms with Gasteiger partial charge < -0.3 is 0 Å². The molecule has 0 aromatic carbocycles. The fraction of sp³-hybridized carbons (Fsp3) is 0.636. The summed E-state index contributed by atoms with van der Waals surface area (Å²) in [5, 5.41) is 0. The Kier molecular flexibility index (Phi) is 6.05. The van der Waals surface area contributed by atoms with Crippen LogP contribution in [0, 0.1) is 5.92 Å². The molecule has 3 heteroatoms. The monoisotopic (exact) mass is 308 g/mol. The Morgan fingerprint density at radius 3 is 2.43 bits per heavy atom. The standard InChI is InChI=1S/C11H16.2ClH.Zr/c1-8-7-9(2)11-6-4-3-5-10(8)11;;;/h7-8H,3-6H2,1-2H3;2*1H;/q;;;+2/p-2. The maximum atomic E-state index is 4.93. The van der Waals surface area contributed by atoms with Gasteiger partial charge in [0.15, 0.2) is 0 Å². The van der Waals surface area contributed by atoms with Crippen molar-refractivity contribution in [2.24, 2.45) is 5.92 Å². The van der Waals surface area contributed by atoms with Crippen LogP contribution in [0.25, 0.3) is 0 Å². The molecule has 0 amide bonds. The number of rotatable bonds is 0. The van der Waals surface area contributed by atoms with E-state index in [0.29, 0.717) is 0 Å². The topological polar surface area (TPSA) is 0 Å². The molecule has 1 unspecified atom stereocenters. The minimum absolute atomic E-state index is 0.755. The first-order chi connectivity index (χ1) is 6.70. The zero-order chi connectivity index (χ0) is 10.6. The molecule has 0 aliphatic heterocycles. The average molecular weight is 310 g/mol. The van der Waals surface area contributed by atoms with Crippen molar-refractivity contribution in [1.82, 2.24) is 0 Å². The van der Waals surface area contributed by atoms with Crippen molar-refractivity contribution in [1.29, 1.82) is 0 Å². The molecule has 0 bridgehead atoms. The Labute approximate surface area is 105 Å². The van der Waals surface area contributed by atoms with Crippen LogP contribution >= 0.6 is 17.0 Å². The molecule has 0 saturated carbocycles. The van der Waals surface area contributed by atoms with Crippen LogP contribution in [0.2, 0.25) is 0 Å². The van der Waals surface area contributed by atoms with Crippen molar-refractivity contribution < 1.29 is 20.8 Å². The Morgan fingerprint density at radius 1 is 1.29 bits per heavy atom. The molecule has 14 heavy (non-hydrogen) atoms. The van der Waals surface area contributed by atoms with E-state index in [1.165, 1.54) is 25.7 Å².